The average Bonchev–Trinajstić information content (AvgIpc) is 2.29. The quantitative estimate of drug-likeness (QED) is 0.786. The van der Waals surface area contributed by atoms with Crippen molar-refractivity contribution in [2.45, 2.75) is 6.92 Å². The fraction of sp³-hybridized carbons (Fsp3) is 0.0769. The van der Waals surface area contributed by atoms with Crippen molar-refractivity contribution in [2.24, 2.45) is 0 Å². The summed E-state index contributed by atoms with van der Waals surface area (Å²) in [6.45, 7) is 1.98. The van der Waals surface area contributed by atoms with Gasteiger partial charge in [0.05, 0.1) is 5.02 Å². The Morgan fingerprint density at radius 1 is 1.12 bits per heavy atom. The van der Waals surface area contributed by atoms with Gasteiger partial charge in [0.1, 0.15) is 0 Å². The summed E-state index contributed by atoms with van der Waals surface area (Å²) in [6.07, 6.45) is 0. The van der Waals surface area contributed by atoms with Gasteiger partial charge < -0.3 is 11.1 Å². The molecule has 3 N–H and O–H groups in total. The molecule has 2 aromatic rings. The van der Waals surface area contributed by atoms with E-state index in [1.54, 1.807) is 0 Å². The zero-order valence-electron chi connectivity index (χ0n) is 9.30. The van der Waals surface area contributed by atoms with Crippen molar-refractivity contribution in [1.82, 2.24) is 0 Å². The molecular formula is C13H12BrClN2. The number of anilines is 3. The first-order chi connectivity index (χ1) is 8.06. The standard InChI is InChI=1S/C13H12BrClN2/c1-8-2-3-10(7-13(8)16)17-9-4-5-12(15)11(14)6-9/h2-7,17H,16H2,1H3. The van der Waals surface area contributed by atoms with Crippen LogP contribution in [-0.2, 0) is 0 Å². The van der Waals surface area contributed by atoms with Crippen molar-refractivity contribution in [3.05, 3.63) is 51.5 Å². The summed E-state index contributed by atoms with van der Waals surface area (Å²) in [4.78, 5) is 0. The van der Waals surface area contributed by atoms with E-state index in [1.165, 1.54) is 0 Å². The van der Waals surface area contributed by atoms with Crippen LogP contribution in [-0.4, -0.2) is 0 Å². The lowest BCUT2D eigenvalue weighted by Crippen LogP contribution is -1.94. The Hall–Kier alpha value is -1.19. The third kappa shape index (κ3) is 2.93. The molecule has 2 nitrogen and oxygen atoms in total. The summed E-state index contributed by atoms with van der Waals surface area (Å²) in [6, 6.07) is 11.6. The number of rotatable bonds is 2. The molecule has 2 rings (SSSR count). The molecular weight excluding hydrogens is 300 g/mol. The van der Waals surface area contributed by atoms with Crippen LogP contribution in [0.1, 0.15) is 5.56 Å². The molecule has 4 heteroatoms. The van der Waals surface area contributed by atoms with Crippen LogP contribution in [0, 0.1) is 6.92 Å². The highest BCUT2D eigenvalue weighted by atomic mass is 79.9. The van der Waals surface area contributed by atoms with E-state index >= 15 is 0 Å². The predicted molar refractivity (Wildman–Crippen MR) is 78.0 cm³/mol. The second-order valence-corrected chi connectivity index (χ2v) is 5.09. The molecule has 0 spiro atoms. The van der Waals surface area contributed by atoms with E-state index in [0.29, 0.717) is 5.02 Å². The second-order valence-electron chi connectivity index (χ2n) is 3.83. The maximum atomic E-state index is 5.93. The molecule has 0 saturated carbocycles. The molecule has 88 valence electrons. The molecule has 2 aromatic carbocycles. The number of hydrogen-bond donors (Lipinski definition) is 2. The van der Waals surface area contributed by atoms with Crippen molar-refractivity contribution < 1.29 is 0 Å². The minimum atomic E-state index is 0.693. The van der Waals surface area contributed by atoms with Gasteiger partial charge in [-0.2, -0.15) is 0 Å². The molecule has 0 bridgehead atoms. The van der Waals surface area contributed by atoms with Crippen LogP contribution in [0.15, 0.2) is 40.9 Å². The van der Waals surface area contributed by atoms with Crippen LogP contribution >= 0.6 is 27.5 Å². The first-order valence-corrected chi connectivity index (χ1v) is 6.31. The lowest BCUT2D eigenvalue weighted by molar-refractivity contribution is 1.45. The Bertz CT molecular complexity index is 506. The molecule has 0 unspecified atom stereocenters. The summed E-state index contributed by atoms with van der Waals surface area (Å²) >= 11 is 9.32. The van der Waals surface area contributed by atoms with Gasteiger partial charge in [-0.05, 0) is 58.7 Å². The summed E-state index contributed by atoms with van der Waals surface area (Å²) < 4.78 is 0.865. The minimum absolute atomic E-state index is 0.693. The summed E-state index contributed by atoms with van der Waals surface area (Å²) in [5.41, 5.74) is 9.64. The molecule has 0 fully saturated rings. The zero-order valence-corrected chi connectivity index (χ0v) is 11.6. The van der Waals surface area contributed by atoms with E-state index in [9.17, 15) is 0 Å². The highest BCUT2D eigenvalue weighted by molar-refractivity contribution is 9.10. The number of nitrogen functional groups attached to an aromatic ring is 1. The predicted octanol–water partition coefficient (Wildman–Crippen LogP) is 4.74. The maximum Gasteiger partial charge on any atom is 0.0549 e. The Morgan fingerprint density at radius 2 is 1.76 bits per heavy atom. The Morgan fingerprint density at radius 3 is 2.41 bits per heavy atom. The molecule has 0 atom stereocenters. The molecule has 0 heterocycles. The third-order valence-electron chi connectivity index (χ3n) is 2.49. The summed E-state index contributed by atoms with van der Waals surface area (Å²) in [5, 5.41) is 3.96. The molecule has 0 aliphatic carbocycles. The highest BCUT2D eigenvalue weighted by Gasteiger charge is 2.01. The van der Waals surface area contributed by atoms with Gasteiger partial charge in [0.15, 0.2) is 0 Å². The number of nitrogens with two attached hydrogens (primary N) is 1. The van der Waals surface area contributed by atoms with Crippen molar-refractivity contribution in [1.29, 1.82) is 0 Å². The van der Waals surface area contributed by atoms with Gasteiger partial charge in [0.25, 0.3) is 0 Å². The normalized spacial score (nSPS) is 10.3. The van der Waals surface area contributed by atoms with E-state index in [2.05, 4.69) is 21.2 Å². The fourth-order valence-electron chi connectivity index (χ4n) is 1.46. The zero-order chi connectivity index (χ0) is 12.4. The molecule has 0 radical (unpaired) electrons. The van der Waals surface area contributed by atoms with Crippen LogP contribution in [0.25, 0.3) is 0 Å². The van der Waals surface area contributed by atoms with Gasteiger partial charge in [-0.25, -0.2) is 0 Å². The SMILES string of the molecule is Cc1ccc(Nc2ccc(Cl)c(Br)c2)cc1N. The van der Waals surface area contributed by atoms with Gasteiger partial charge in [0, 0.05) is 21.5 Å². The largest absolute Gasteiger partial charge is 0.398 e. The first-order valence-electron chi connectivity index (χ1n) is 5.14. The number of aryl methyl sites for hydroxylation is 1. The van der Waals surface area contributed by atoms with E-state index < -0.39 is 0 Å². The van der Waals surface area contributed by atoms with Crippen LogP contribution in [0.3, 0.4) is 0 Å². The third-order valence-corrected chi connectivity index (χ3v) is 3.70. The maximum absolute atomic E-state index is 5.93. The smallest absolute Gasteiger partial charge is 0.0549 e. The number of hydrogen-bond acceptors (Lipinski definition) is 2. The molecule has 0 amide bonds. The molecule has 0 aliphatic rings. The van der Waals surface area contributed by atoms with Crippen LogP contribution in [0.5, 0.6) is 0 Å². The van der Waals surface area contributed by atoms with Crippen molar-refractivity contribution in [3.8, 4) is 0 Å². The number of nitrogens with one attached hydrogen (secondary N) is 1. The Balaban J connectivity index is 2.25. The minimum Gasteiger partial charge on any atom is -0.398 e. The average molecular weight is 312 g/mol. The van der Waals surface area contributed by atoms with E-state index in [0.717, 1.165) is 27.1 Å². The lowest BCUT2D eigenvalue weighted by atomic mass is 10.2. The van der Waals surface area contributed by atoms with Gasteiger partial charge in [-0.15, -0.1) is 0 Å². The summed E-state index contributed by atoms with van der Waals surface area (Å²) in [7, 11) is 0. The van der Waals surface area contributed by atoms with Crippen LogP contribution in [0.2, 0.25) is 5.02 Å². The second kappa shape index (κ2) is 4.98. The van der Waals surface area contributed by atoms with Crippen molar-refractivity contribution in [3.63, 3.8) is 0 Å². The van der Waals surface area contributed by atoms with Crippen LogP contribution in [0.4, 0.5) is 17.1 Å². The van der Waals surface area contributed by atoms with Crippen molar-refractivity contribution in [2.75, 3.05) is 11.1 Å². The van der Waals surface area contributed by atoms with E-state index in [1.807, 2.05) is 43.3 Å². The first kappa shape index (κ1) is 12.3. The van der Waals surface area contributed by atoms with Crippen molar-refractivity contribution >= 4 is 44.6 Å². The lowest BCUT2D eigenvalue weighted by Gasteiger charge is -2.09. The molecule has 0 aliphatic heterocycles. The summed E-state index contributed by atoms with van der Waals surface area (Å²) in [5.74, 6) is 0. The Labute approximate surface area is 114 Å². The van der Waals surface area contributed by atoms with Gasteiger partial charge in [0.2, 0.25) is 0 Å². The van der Waals surface area contributed by atoms with Crippen LogP contribution < -0.4 is 11.1 Å². The highest BCUT2D eigenvalue weighted by Crippen LogP contribution is 2.28. The van der Waals surface area contributed by atoms with E-state index in [-0.39, 0.29) is 0 Å². The molecule has 0 aromatic heterocycles. The van der Waals surface area contributed by atoms with E-state index in [4.69, 9.17) is 17.3 Å². The number of benzene rings is 2. The fourth-order valence-corrected chi connectivity index (χ4v) is 1.96. The molecule has 17 heavy (non-hydrogen) atoms. The number of halogens is 2. The topological polar surface area (TPSA) is 38.0 Å². The Kier molecular flexibility index (Phi) is 3.60. The van der Waals surface area contributed by atoms with Gasteiger partial charge in [-0.1, -0.05) is 17.7 Å². The molecule has 0 saturated heterocycles. The van der Waals surface area contributed by atoms with Gasteiger partial charge in [-0.3, -0.25) is 0 Å². The van der Waals surface area contributed by atoms with Gasteiger partial charge >= 0.3 is 0 Å². The monoisotopic (exact) mass is 310 g/mol.